The average molecular weight is 586 g/mol. The number of methoxy groups -OCH3 is 1. The van der Waals surface area contributed by atoms with Crippen LogP contribution in [0.1, 0.15) is 41.6 Å². The highest BCUT2D eigenvalue weighted by Crippen LogP contribution is 2.41. The van der Waals surface area contributed by atoms with E-state index in [-0.39, 0.29) is 42.2 Å². The summed E-state index contributed by atoms with van der Waals surface area (Å²) in [4.78, 5) is 29.0. The van der Waals surface area contributed by atoms with Gasteiger partial charge in [0.2, 0.25) is 5.91 Å². The number of aryl methyl sites for hydroxylation is 1. The monoisotopic (exact) mass is 585 g/mol. The number of ether oxygens (including phenoxy) is 1. The maximum atomic E-state index is 13.9. The number of nitriles is 1. The number of nitrogens with zero attached hydrogens (tertiary/aromatic N) is 7. The van der Waals surface area contributed by atoms with Crippen LogP contribution in [-0.2, 0) is 23.9 Å². The molecular formula is C30H38F3N7O2. The maximum Gasteiger partial charge on any atom is 0.418 e. The summed E-state index contributed by atoms with van der Waals surface area (Å²) in [5.41, 5.74) is 1.09. The van der Waals surface area contributed by atoms with Gasteiger partial charge in [0.05, 0.1) is 43.4 Å². The van der Waals surface area contributed by atoms with E-state index in [0.29, 0.717) is 44.1 Å². The highest BCUT2D eigenvalue weighted by atomic mass is 19.4. The first-order valence-electron chi connectivity index (χ1n) is 14.2. The van der Waals surface area contributed by atoms with Gasteiger partial charge < -0.3 is 24.3 Å². The van der Waals surface area contributed by atoms with Crippen LogP contribution in [0.3, 0.4) is 0 Å². The van der Waals surface area contributed by atoms with Crippen LogP contribution in [0.2, 0.25) is 0 Å². The molecule has 1 aromatic heterocycles. The molecule has 1 unspecified atom stereocenters. The van der Waals surface area contributed by atoms with Crippen LogP contribution in [0.5, 0.6) is 6.01 Å². The van der Waals surface area contributed by atoms with Gasteiger partial charge in [-0.2, -0.15) is 28.4 Å². The van der Waals surface area contributed by atoms with Crippen molar-refractivity contribution in [3.8, 4) is 12.1 Å². The van der Waals surface area contributed by atoms with Crippen molar-refractivity contribution >= 4 is 17.4 Å². The van der Waals surface area contributed by atoms with Crippen LogP contribution in [0.15, 0.2) is 30.9 Å². The lowest BCUT2D eigenvalue weighted by Gasteiger charge is -2.42. The van der Waals surface area contributed by atoms with Gasteiger partial charge in [-0.3, -0.25) is 4.79 Å². The lowest BCUT2D eigenvalue weighted by Crippen LogP contribution is -2.55. The van der Waals surface area contributed by atoms with Gasteiger partial charge in [-0.1, -0.05) is 18.7 Å². The van der Waals surface area contributed by atoms with Crippen LogP contribution in [0.25, 0.3) is 0 Å². The molecule has 0 spiro atoms. The Kier molecular flexibility index (Phi) is 9.93. The van der Waals surface area contributed by atoms with Crippen molar-refractivity contribution in [1.29, 1.82) is 5.26 Å². The van der Waals surface area contributed by atoms with Crippen molar-refractivity contribution in [2.45, 2.75) is 51.4 Å². The number of aromatic nitrogens is 2. The molecule has 3 aliphatic rings. The molecule has 1 amide bonds. The Bertz CT molecular complexity index is 1320. The van der Waals surface area contributed by atoms with E-state index < -0.39 is 11.7 Å². The Morgan fingerprint density at radius 3 is 2.50 bits per heavy atom. The summed E-state index contributed by atoms with van der Waals surface area (Å²) in [6, 6.07) is 6.49. The Morgan fingerprint density at radius 2 is 1.90 bits per heavy atom. The fraction of sp³-hybridized carbons (Fsp3) is 0.533. The van der Waals surface area contributed by atoms with E-state index in [0.717, 1.165) is 5.56 Å². The van der Waals surface area contributed by atoms with Crippen LogP contribution in [0.4, 0.5) is 24.7 Å². The van der Waals surface area contributed by atoms with Crippen molar-refractivity contribution in [3.63, 3.8) is 0 Å². The number of hydrogen-bond donors (Lipinski definition) is 0. The second kappa shape index (κ2) is 13.4. The van der Waals surface area contributed by atoms with Gasteiger partial charge in [0, 0.05) is 37.4 Å². The normalized spacial score (nSPS) is 19.0. The predicted molar refractivity (Wildman–Crippen MR) is 154 cm³/mol. The van der Waals surface area contributed by atoms with Crippen LogP contribution < -0.4 is 14.5 Å². The van der Waals surface area contributed by atoms with E-state index in [1.807, 2.05) is 4.90 Å². The number of rotatable bonds is 5. The van der Waals surface area contributed by atoms with Gasteiger partial charge in [-0.25, -0.2) is 0 Å². The number of likely N-dealkylation sites (tertiary alicyclic amines) is 1. The molecule has 0 bridgehead atoms. The van der Waals surface area contributed by atoms with Crippen molar-refractivity contribution in [3.05, 3.63) is 53.2 Å². The molecule has 0 radical (unpaired) electrons. The van der Waals surface area contributed by atoms with E-state index in [2.05, 4.69) is 34.6 Å². The number of carbonyl (C=O) groups is 1. The second-order valence-corrected chi connectivity index (χ2v) is 10.8. The predicted octanol–water partition coefficient (Wildman–Crippen LogP) is 4.20. The SMILES string of the molecule is C=CC(=O)N1CCN(c2nc(OC)nc3c2CCN(c2cccc(C)c2C(F)(F)F)C3)CC1CC#N.CN1CCCC1. The quantitative estimate of drug-likeness (QED) is 0.483. The minimum Gasteiger partial charge on any atom is -0.467 e. The zero-order valence-corrected chi connectivity index (χ0v) is 24.5. The molecule has 0 N–H and O–H groups in total. The number of benzene rings is 1. The van der Waals surface area contributed by atoms with Gasteiger partial charge in [-0.05, 0) is 64.0 Å². The lowest BCUT2D eigenvalue weighted by atomic mass is 10.00. The average Bonchev–Trinajstić information content (AvgIpc) is 3.46. The highest BCUT2D eigenvalue weighted by Gasteiger charge is 2.38. The van der Waals surface area contributed by atoms with Gasteiger partial charge >= 0.3 is 12.2 Å². The number of hydrogen-bond acceptors (Lipinski definition) is 8. The lowest BCUT2D eigenvalue weighted by molar-refractivity contribution is -0.137. The number of halogens is 3. The van der Waals surface area contributed by atoms with Crippen LogP contribution >= 0.6 is 0 Å². The number of piperazine rings is 1. The van der Waals surface area contributed by atoms with Gasteiger partial charge in [-0.15, -0.1) is 0 Å². The maximum absolute atomic E-state index is 13.9. The van der Waals surface area contributed by atoms with Crippen molar-refractivity contribution < 1.29 is 22.7 Å². The molecule has 226 valence electrons. The Balaban J connectivity index is 0.000000600. The van der Waals surface area contributed by atoms with Gasteiger partial charge in [0.15, 0.2) is 0 Å². The molecule has 2 saturated heterocycles. The summed E-state index contributed by atoms with van der Waals surface area (Å²) in [5, 5.41) is 9.29. The van der Waals surface area contributed by atoms with E-state index >= 15 is 0 Å². The Morgan fingerprint density at radius 1 is 1.17 bits per heavy atom. The first-order chi connectivity index (χ1) is 20.1. The summed E-state index contributed by atoms with van der Waals surface area (Å²) >= 11 is 0. The zero-order valence-electron chi connectivity index (χ0n) is 24.5. The zero-order chi connectivity index (χ0) is 30.4. The third-order valence-electron chi connectivity index (χ3n) is 7.98. The highest BCUT2D eigenvalue weighted by molar-refractivity contribution is 5.87. The minimum absolute atomic E-state index is 0.118. The van der Waals surface area contributed by atoms with E-state index in [1.54, 1.807) is 15.9 Å². The van der Waals surface area contributed by atoms with Crippen molar-refractivity contribution in [2.75, 3.05) is 63.2 Å². The van der Waals surface area contributed by atoms with Crippen LogP contribution in [0, 0.1) is 18.3 Å². The smallest absolute Gasteiger partial charge is 0.418 e. The molecule has 1 atom stereocenters. The van der Waals surface area contributed by atoms with Crippen molar-refractivity contribution in [1.82, 2.24) is 19.8 Å². The fourth-order valence-electron chi connectivity index (χ4n) is 5.84. The molecule has 2 aromatic rings. The summed E-state index contributed by atoms with van der Waals surface area (Å²) in [6.45, 7) is 9.44. The number of fused-ring (bicyclic) bond motifs is 1. The fourth-order valence-corrected chi connectivity index (χ4v) is 5.84. The topological polar surface area (TPSA) is 88.8 Å². The third-order valence-corrected chi connectivity index (χ3v) is 7.98. The Hall–Kier alpha value is -3.85. The molecule has 4 heterocycles. The van der Waals surface area contributed by atoms with E-state index in [4.69, 9.17) is 4.74 Å². The van der Waals surface area contributed by atoms with Gasteiger partial charge in [0.1, 0.15) is 5.82 Å². The molecule has 5 rings (SSSR count). The van der Waals surface area contributed by atoms with Gasteiger partial charge in [0.25, 0.3) is 0 Å². The third kappa shape index (κ3) is 6.95. The van der Waals surface area contributed by atoms with E-state index in [9.17, 15) is 23.2 Å². The molecular weight excluding hydrogens is 547 g/mol. The molecule has 12 heteroatoms. The number of alkyl halides is 3. The summed E-state index contributed by atoms with van der Waals surface area (Å²) in [7, 11) is 3.61. The standard InChI is InChI=1S/C25H27F3N6O2.C5H11N/c1-4-21(35)34-13-12-33(14-17(34)8-10-29)23-18-9-11-32(15-19(18)30-24(31-23)36-3)20-7-5-6-16(2)22(20)25(26,27)28;1-6-4-2-3-5-6/h4-7,17H,1,8-9,11-15H2,2-3H3;2-5H2,1H3. The molecule has 9 nitrogen and oxygen atoms in total. The molecule has 0 saturated carbocycles. The van der Waals surface area contributed by atoms with Crippen molar-refractivity contribution in [2.24, 2.45) is 0 Å². The molecule has 0 aliphatic carbocycles. The second-order valence-electron chi connectivity index (χ2n) is 10.8. The van der Waals surface area contributed by atoms with Crippen LogP contribution in [-0.4, -0.2) is 85.1 Å². The summed E-state index contributed by atoms with van der Waals surface area (Å²) < 4.78 is 46.9. The molecule has 1 aromatic carbocycles. The number of amides is 1. The largest absolute Gasteiger partial charge is 0.467 e. The molecule has 2 fully saturated rings. The molecule has 3 aliphatic heterocycles. The first kappa shape index (κ1) is 31.1. The number of carbonyl (C=O) groups excluding carboxylic acids is 1. The summed E-state index contributed by atoms with van der Waals surface area (Å²) in [6.07, 6.45) is 0.182. The minimum atomic E-state index is -4.48. The molecule has 42 heavy (non-hydrogen) atoms. The summed E-state index contributed by atoms with van der Waals surface area (Å²) in [5.74, 6) is 0.400. The first-order valence-corrected chi connectivity index (χ1v) is 14.2. The van der Waals surface area contributed by atoms with E-state index in [1.165, 1.54) is 58.2 Å². The number of anilines is 2. The Labute approximate surface area is 245 Å².